The molecule has 0 radical (unpaired) electrons. The molecule has 0 amide bonds. The average molecular weight is 305 g/mol. The van der Waals surface area contributed by atoms with Crippen LogP contribution < -0.4 is 5.32 Å². The molecule has 0 unspecified atom stereocenters. The zero-order chi connectivity index (χ0) is 15.9. The van der Waals surface area contributed by atoms with Gasteiger partial charge in [0.1, 0.15) is 0 Å². The monoisotopic (exact) mass is 305 g/mol. The fourth-order valence-electron chi connectivity index (χ4n) is 3.24. The number of aromatic nitrogens is 1. The zero-order valence-corrected chi connectivity index (χ0v) is 13.4. The standard InChI is InChI=1S/C20H23N3/c21-13-16-4-6-17(7-5-16)14-22-15-18-8-10-19(11-9-18)20-3-1-2-12-23-20/h1-3,8-12,16-17,22H,4-7,14-15H2. The summed E-state index contributed by atoms with van der Waals surface area (Å²) in [7, 11) is 0. The fraction of sp³-hybridized carbons (Fsp3) is 0.400. The summed E-state index contributed by atoms with van der Waals surface area (Å²) >= 11 is 0. The highest BCUT2D eigenvalue weighted by molar-refractivity contribution is 5.58. The second kappa shape index (κ2) is 7.89. The lowest BCUT2D eigenvalue weighted by atomic mass is 9.83. The summed E-state index contributed by atoms with van der Waals surface area (Å²) < 4.78 is 0. The number of hydrogen-bond donors (Lipinski definition) is 1. The van der Waals surface area contributed by atoms with Crippen molar-refractivity contribution in [3.8, 4) is 17.3 Å². The quantitative estimate of drug-likeness (QED) is 0.902. The van der Waals surface area contributed by atoms with Crippen molar-refractivity contribution in [2.45, 2.75) is 32.2 Å². The van der Waals surface area contributed by atoms with E-state index >= 15 is 0 Å². The highest BCUT2D eigenvalue weighted by Gasteiger charge is 2.20. The van der Waals surface area contributed by atoms with Gasteiger partial charge in [0.2, 0.25) is 0 Å². The van der Waals surface area contributed by atoms with Crippen LogP contribution in [-0.2, 0) is 6.54 Å². The van der Waals surface area contributed by atoms with E-state index in [1.807, 2.05) is 24.4 Å². The number of benzene rings is 1. The minimum atomic E-state index is 0.297. The van der Waals surface area contributed by atoms with Crippen molar-refractivity contribution >= 4 is 0 Å². The van der Waals surface area contributed by atoms with Gasteiger partial charge in [0.15, 0.2) is 0 Å². The predicted molar refractivity (Wildman–Crippen MR) is 92.4 cm³/mol. The molecular formula is C20H23N3. The van der Waals surface area contributed by atoms with Crippen LogP contribution in [0.4, 0.5) is 0 Å². The molecule has 1 aromatic heterocycles. The molecule has 0 atom stereocenters. The van der Waals surface area contributed by atoms with E-state index < -0.39 is 0 Å². The van der Waals surface area contributed by atoms with Gasteiger partial charge in [-0.25, -0.2) is 0 Å². The van der Waals surface area contributed by atoms with Crippen LogP contribution in [0, 0.1) is 23.2 Å². The highest BCUT2D eigenvalue weighted by atomic mass is 14.9. The molecule has 1 fully saturated rings. The van der Waals surface area contributed by atoms with Crippen LogP contribution in [0.1, 0.15) is 31.2 Å². The molecule has 2 aromatic rings. The lowest BCUT2D eigenvalue weighted by Crippen LogP contribution is -2.26. The van der Waals surface area contributed by atoms with Crippen molar-refractivity contribution in [2.75, 3.05) is 6.54 Å². The molecular weight excluding hydrogens is 282 g/mol. The first-order chi connectivity index (χ1) is 11.3. The summed E-state index contributed by atoms with van der Waals surface area (Å²) in [5.41, 5.74) is 3.47. The van der Waals surface area contributed by atoms with Crippen LogP contribution in [0.5, 0.6) is 0 Å². The third kappa shape index (κ3) is 4.40. The molecule has 3 nitrogen and oxygen atoms in total. The van der Waals surface area contributed by atoms with E-state index in [0.29, 0.717) is 5.92 Å². The molecule has 0 spiro atoms. The van der Waals surface area contributed by atoms with Crippen LogP contribution in [0.2, 0.25) is 0 Å². The molecule has 3 rings (SSSR count). The Kier molecular flexibility index (Phi) is 5.39. The summed E-state index contributed by atoms with van der Waals surface area (Å²) in [6.45, 7) is 1.96. The molecule has 23 heavy (non-hydrogen) atoms. The number of rotatable bonds is 5. The molecule has 118 valence electrons. The predicted octanol–water partition coefficient (Wildman–Crippen LogP) is 4.17. The van der Waals surface area contributed by atoms with Crippen LogP contribution in [0.25, 0.3) is 11.3 Å². The molecule has 1 aromatic carbocycles. The molecule has 1 aliphatic carbocycles. The van der Waals surface area contributed by atoms with E-state index in [2.05, 4.69) is 40.6 Å². The van der Waals surface area contributed by atoms with Crippen molar-refractivity contribution in [1.29, 1.82) is 5.26 Å². The summed E-state index contributed by atoms with van der Waals surface area (Å²) in [6.07, 6.45) is 6.34. The number of nitriles is 1. The van der Waals surface area contributed by atoms with Crippen molar-refractivity contribution < 1.29 is 0 Å². The molecule has 1 N–H and O–H groups in total. The van der Waals surface area contributed by atoms with Crippen molar-refractivity contribution in [3.63, 3.8) is 0 Å². The molecule has 0 aliphatic heterocycles. The Labute approximate surface area is 138 Å². The minimum absolute atomic E-state index is 0.297. The van der Waals surface area contributed by atoms with E-state index in [0.717, 1.165) is 43.1 Å². The Morgan fingerprint density at radius 3 is 2.48 bits per heavy atom. The van der Waals surface area contributed by atoms with Gasteiger partial charge in [0, 0.05) is 24.2 Å². The minimum Gasteiger partial charge on any atom is -0.312 e. The van der Waals surface area contributed by atoms with Gasteiger partial charge in [-0.2, -0.15) is 5.26 Å². The van der Waals surface area contributed by atoms with Gasteiger partial charge in [-0.3, -0.25) is 4.98 Å². The van der Waals surface area contributed by atoms with Crippen LogP contribution in [0.15, 0.2) is 48.7 Å². The molecule has 1 aliphatic rings. The van der Waals surface area contributed by atoms with Gasteiger partial charge < -0.3 is 5.32 Å². The lowest BCUT2D eigenvalue weighted by molar-refractivity contribution is 0.304. The van der Waals surface area contributed by atoms with Crippen LogP contribution in [-0.4, -0.2) is 11.5 Å². The van der Waals surface area contributed by atoms with E-state index in [-0.39, 0.29) is 0 Å². The Bertz CT molecular complexity index is 635. The zero-order valence-electron chi connectivity index (χ0n) is 13.4. The van der Waals surface area contributed by atoms with Crippen molar-refractivity contribution in [3.05, 3.63) is 54.2 Å². The second-order valence-electron chi connectivity index (χ2n) is 6.39. The van der Waals surface area contributed by atoms with E-state index in [9.17, 15) is 0 Å². The molecule has 3 heteroatoms. The van der Waals surface area contributed by atoms with Gasteiger partial charge in [0.05, 0.1) is 11.8 Å². The second-order valence-corrected chi connectivity index (χ2v) is 6.39. The van der Waals surface area contributed by atoms with Crippen molar-refractivity contribution in [2.24, 2.45) is 11.8 Å². The topological polar surface area (TPSA) is 48.7 Å². The summed E-state index contributed by atoms with van der Waals surface area (Å²) in [4.78, 5) is 4.38. The number of hydrogen-bond acceptors (Lipinski definition) is 3. The molecule has 1 heterocycles. The Morgan fingerprint density at radius 2 is 1.83 bits per heavy atom. The number of pyridine rings is 1. The van der Waals surface area contributed by atoms with Gasteiger partial charge >= 0.3 is 0 Å². The van der Waals surface area contributed by atoms with Crippen LogP contribution in [0.3, 0.4) is 0 Å². The SMILES string of the molecule is N#CC1CCC(CNCc2ccc(-c3ccccn3)cc2)CC1. The normalized spacial score (nSPS) is 20.8. The van der Waals surface area contributed by atoms with Gasteiger partial charge in [-0.15, -0.1) is 0 Å². The maximum Gasteiger partial charge on any atom is 0.0701 e. The first-order valence-corrected chi connectivity index (χ1v) is 8.46. The number of nitrogens with one attached hydrogen (secondary N) is 1. The van der Waals surface area contributed by atoms with Gasteiger partial charge in [0.25, 0.3) is 0 Å². The van der Waals surface area contributed by atoms with E-state index in [4.69, 9.17) is 5.26 Å². The maximum absolute atomic E-state index is 8.94. The van der Waals surface area contributed by atoms with Crippen molar-refractivity contribution in [1.82, 2.24) is 10.3 Å². The highest BCUT2D eigenvalue weighted by Crippen LogP contribution is 2.27. The molecule has 1 saturated carbocycles. The van der Waals surface area contributed by atoms with Gasteiger partial charge in [-0.1, -0.05) is 30.3 Å². The Morgan fingerprint density at radius 1 is 1.04 bits per heavy atom. The molecule has 0 bridgehead atoms. The third-order valence-corrected chi connectivity index (χ3v) is 4.71. The molecule has 0 saturated heterocycles. The van der Waals surface area contributed by atoms with E-state index in [1.54, 1.807) is 0 Å². The summed E-state index contributed by atoms with van der Waals surface area (Å²) in [5, 5.41) is 12.5. The van der Waals surface area contributed by atoms with E-state index in [1.165, 1.54) is 18.4 Å². The lowest BCUT2D eigenvalue weighted by Gasteiger charge is -2.24. The number of nitrogens with zero attached hydrogens (tertiary/aromatic N) is 2. The first kappa shape index (κ1) is 15.7. The third-order valence-electron chi connectivity index (χ3n) is 4.71. The fourth-order valence-corrected chi connectivity index (χ4v) is 3.24. The maximum atomic E-state index is 8.94. The van der Waals surface area contributed by atoms with Crippen LogP contribution >= 0.6 is 0 Å². The smallest absolute Gasteiger partial charge is 0.0701 e. The Hall–Kier alpha value is -2.18. The Balaban J connectivity index is 1.45. The largest absolute Gasteiger partial charge is 0.312 e. The average Bonchev–Trinajstić information content (AvgIpc) is 2.64. The summed E-state index contributed by atoms with van der Waals surface area (Å²) in [5.74, 6) is 1.03. The van der Waals surface area contributed by atoms with Gasteiger partial charge in [-0.05, 0) is 55.8 Å². The first-order valence-electron chi connectivity index (χ1n) is 8.46. The summed E-state index contributed by atoms with van der Waals surface area (Å²) in [6, 6.07) is 17.0.